The molecular weight excluding hydrogens is 200 g/mol. The van der Waals surface area contributed by atoms with E-state index in [2.05, 4.69) is 21.2 Å². The van der Waals surface area contributed by atoms with Gasteiger partial charge in [-0.3, -0.25) is 5.10 Å². The summed E-state index contributed by atoms with van der Waals surface area (Å²) in [6.45, 7) is 2.60. The van der Waals surface area contributed by atoms with Crippen LogP contribution < -0.4 is 5.73 Å². The highest BCUT2D eigenvalue weighted by Gasteiger charge is 2.05. The van der Waals surface area contributed by atoms with Gasteiger partial charge in [-0.15, -0.1) is 0 Å². The Hall–Kier alpha value is -1.68. The quantitative estimate of drug-likeness (QED) is 0.812. The molecule has 0 unspecified atom stereocenters. The number of aryl methyl sites for hydroxylation is 1. The Bertz CT molecular complexity index is 462. The van der Waals surface area contributed by atoms with Crippen LogP contribution in [0.15, 0.2) is 24.3 Å². The summed E-state index contributed by atoms with van der Waals surface area (Å²) in [7, 11) is 0. The first-order valence-electron chi connectivity index (χ1n) is 5.50. The molecule has 0 amide bonds. The van der Waals surface area contributed by atoms with Crippen LogP contribution in [0.25, 0.3) is 0 Å². The second kappa shape index (κ2) is 4.90. The van der Waals surface area contributed by atoms with Gasteiger partial charge in [-0.2, -0.15) is 5.10 Å². The Morgan fingerprint density at radius 2 is 2.00 bits per heavy atom. The Kier molecular flexibility index (Phi) is 3.31. The van der Waals surface area contributed by atoms with Crippen LogP contribution >= 0.6 is 0 Å². The highest BCUT2D eigenvalue weighted by molar-refractivity contribution is 5.29. The van der Waals surface area contributed by atoms with Crippen molar-refractivity contribution in [2.45, 2.75) is 26.3 Å². The second-order valence-electron chi connectivity index (χ2n) is 3.70. The third-order valence-corrected chi connectivity index (χ3v) is 2.59. The molecule has 0 bridgehead atoms. The van der Waals surface area contributed by atoms with E-state index in [0.717, 1.165) is 30.1 Å². The Morgan fingerprint density at radius 1 is 1.25 bits per heavy atom. The molecule has 0 saturated carbocycles. The van der Waals surface area contributed by atoms with Crippen LogP contribution in [-0.4, -0.2) is 15.2 Å². The van der Waals surface area contributed by atoms with Crippen LogP contribution in [-0.2, 0) is 19.4 Å². The number of hydrogen-bond acceptors (Lipinski definition) is 3. The van der Waals surface area contributed by atoms with Crippen LogP contribution in [0.5, 0.6) is 0 Å². The minimum Gasteiger partial charge on any atom is -0.326 e. The van der Waals surface area contributed by atoms with Crippen LogP contribution in [0.4, 0.5) is 0 Å². The lowest BCUT2D eigenvalue weighted by molar-refractivity contribution is 0.936. The van der Waals surface area contributed by atoms with Crippen molar-refractivity contribution in [3.8, 4) is 0 Å². The van der Waals surface area contributed by atoms with Crippen LogP contribution in [0.2, 0.25) is 0 Å². The van der Waals surface area contributed by atoms with Crippen molar-refractivity contribution in [3.63, 3.8) is 0 Å². The van der Waals surface area contributed by atoms with Gasteiger partial charge in [0.25, 0.3) is 0 Å². The van der Waals surface area contributed by atoms with Gasteiger partial charge in [-0.05, 0) is 11.1 Å². The minimum atomic E-state index is 0.560. The first-order valence-corrected chi connectivity index (χ1v) is 5.50. The Balaban J connectivity index is 2.19. The van der Waals surface area contributed by atoms with E-state index in [1.54, 1.807) is 0 Å². The number of rotatable bonds is 4. The van der Waals surface area contributed by atoms with Crippen LogP contribution in [0.1, 0.15) is 29.7 Å². The minimum absolute atomic E-state index is 0.560. The fourth-order valence-corrected chi connectivity index (χ4v) is 1.68. The third-order valence-electron chi connectivity index (χ3n) is 2.59. The number of aromatic nitrogens is 3. The number of benzene rings is 1. The Labute approximate surface area is 94.9 Å². The molecular formula is C12H16N4. The normalized spacial score (nSPS) is 10.6. The molecule has 0 spiro atoms. The molecule has 1 aromatic carbocycles. The highest BCUT2D eigenvalue weighted by atomic mass is 15.2. The smallest absolute Gasteiger partial charge is 0.150 e. The maximum absolute atomic E-state index is 5.69. The Morgan fingerprint density at radius 3 is 2.62 bits per heavy atom. The largest absolute Gasteiger partial charge is 0.326 e. The summed E-state index contributed by atoms with van der Waals surface area (Å²) in [5.41, 5.74) is 8.07. The SMILES string of the molecule is CCc1n[nH]c(Cc2ccccc2CN)n1. The number of aromatic amines is 1. The molecule has 2 rings (SSSR count). The average Bonchev–Trinajstić information content (AvgIpc) is 2.77. The first-order chi connectivity index (χ1) is 7.83. The highest BCUT2D eigenvalue weighted by Crippen LogP contribution is 2.11. The molecule has 16 heavy (non-hydrogen) atoms. The summed E-state index contributed by atoms with van der Waals surface area (Å²) >= 11 is 0. The zero-order valence-corrected chi connectivity index (χ0v) is 9.40. The van der Waals surface area contributed by atoms with Crippen molar-refractivity contribution in [1.29, 1.82) is 0 Å². The number of nitrogens with one attached hydrogen (secondary N) is 1. The van der Waals surface area contributed by atoms with E-state index in [0.29, 0.717) is 6.54 Å². The fourth-order valence-electron chi connectivity index (χ4n) is 1.68. The predicted molar refractivity (Wildman–Crippen MR) is 62.9 cm³/mol. The molecule has 2 aromatic rings. The lowest BCUT2D eigenvalue weighted by Crippen LogP contribution is -2.02. The van der Waals surface area contributed by atoms with E-state index in [-0.39, 0.29) is 0 Å². The third kappa shape index (κ3) is 2.28. The van der Waals surface area contributed by atoms with Crippen LogP contribution in [0, 0.1) is 0 Å². The summed E-state index contributed by atoms with van der Waals surface area (Å²) in [6.07, 6.45) is 1.62. The molecule has 0 aliphatic carbocycles. The predicted octanol–water partition coefficient (Wildman–Crippen LogP) is 1.42. The number of hydrogen-bond donors (Lipinski definition) is 2. The summed E-state index contributed by atoms with van der Waals surface area (Å²) in [5, 5.41) is 7.07. The number of nitrogens with zero attached hydrogens (tertiary/aromatic N) is 2. The lowest BCUT2D eigenvalue weighted by Gasteiger charge is -2.04. The van der Waals surface area contributed by atoms with Gasteiger partial charge in [0.05, 0.1) is 0 Å². The molecule has 0 aliphatic rings. The molecule has 84 valence electrons. The van der Waals surface area contributed by atoms with Gasteiger partial charge in [0.2, 0.25) is 0 Å². The van der Waals surface area contributed by atoms with Gasteiger partial charge in [-0.25, -0.2) is 4.98 Å². The monoisotopic (exact) mass is 216 g/mol. The van der Waals surface area contributed by atoms with E-state index < -0.39 is 0 Å². The van der Waals surface area contributed by atoms with Crippen molar-refractivity contribution in [2.75, 3.05) is 0 Å². The lowest BCUT2D eigenvalue weighted by atomic mass is 10.0. The maximum atomic E-state index is 5.69. The second-order valence-corrected chi connectivity index (χ2v) is 3.70. The summed E-state index contributed by atoms with van der Waals surface area (Å²) in [6, 6.07) is 8.15. The molecule has 0 aliphatic heterocycles. The van der Waals surface area contributed by atoms with E-state index in [4.69, 9.17) is 5.73 Å². The van der Waals surface area contributed by atoms with Gasteiger partial charge >= 0.3 is 0 Å². The summed E-state index contributed by atoms with van der Waals surface area (Å²) in [4.78, 5) is 4.39. The number of H-pyrrole nitrogens is 1. The molecule has 0 fully saturated rings. The molecule has 1 aromatic heterocycles. The van der Waals surface area contributed by atoms with Gasteiger partial charge in [0.1, 0.15) is 11.6 Å². The molecule has 0 atom stereocenters. The van der Waals surface area contributed by atoms with Crippen molar-refractivity contribution in [1.82, 2.24) is 15.2 Å². The molecule has 1 heterocycles. The first kappa shape index (κ1) is 10.8. The van der Waals surface area contributed by atoms with E-state index >= 15 is 0 Å². The van der Waals surface area contributed by atoms with E-state index in [9.17, 15) is 0 Å². The zero-order chi connectivity index (χ0) is 11.4. The average molecular weight is 216 g/mol. The van der Waals surface area contributed by atoms with Gasteiger partial charge in [-0.1, -0.05) is 31.2 Å². The molecule has 0 radical (unpaired) electrons. The standard InChI is InChI=1S/C12H16N4/c1-2-11-14-12(16-15-11)7-9-5-3-4-6-10(9)8-13/h3-6H,2,7-8,13H2,1H3,(H,14,15,16). The topological polar surface area (TPSA) is 67.6 Å². The number of nitrogens with two attached hydrogens (primary N) is 1. The summed E-state index contributed by atoms with van der Waals surface area (Å²) < 4.78 is 0. The molecule has 4 nitrogen and oxygen atoms in total. The van der Waals surface area contributed by atoms with Crippen molar-refractivity contribution < 1.29 is 0 Å². The van der Waals surface area contributed by atoms with E-state index in [1.165, 1.54) is 5.56 Å². The summed E-state index contributed by atoms with van der Waals surface area (Å²) in [5.74, 6) is 1.76. The van der Waals surface area contributed by atoms with Gasteiger partial charge in [0.15, 0.2) is 0 Å². The van der Waals surface area contributed by atoms with Crippen molar-refractivity contribution >= 4 is 0 Å². The fraction of sp³-hybridized carbons (Fsp3) is 0.333. The van der Waals surface area contributed by atoms with Crippen LogP contribution in [0.3, 0.4) is 0 Å². The molecule has 3 N–H and O–H groups in total. The van der Waals surface area contributed by atoms with E-state index in [1.807, 2.05) is 25.1 Å². The maximum Gasteiger partial charge on any atom is 0.150 e. The van der Waals surface area contributed by atoms with Gasteiger partial charge < -0.3 is 5.73 Å². The van der Waals surface area contributed by atoms with Crippen molar-refractivity contribution in [3.05, 3.63) is 47.0 Å². The molecule has 4 heteroatoms. The van der Waals surface area contributed by atoms with Crippen molar-refractivity contribution in [2.24, 2.45) is 5.73 Å². The molecule has 0 saturated heterocycles. The van der Waals surface area contributed by atoms with Gasteiger partial charge in [0, 0.05) is 19.4 Å². The zero-order valence-electron chi connectivity index (χ0n) is 9.40.